The maximum absolute atomic E-state index is 6.27. The van der Waals surface area contributed by atoms with Crippen LogP contribution in [0.4, 0.5) is 0 Å². The Morgan fingerprint density at radius 3 is 2.00 bits per heavy atom. The molecule has 0 heterocycles. The van der Waals surface area contributed by atoms with E-state index in [2.05, 4.69) is 36.4 Å². The molecule has 0 unspecified atom stereocenters. The van der Waals surface area contributed by atoms with Crippen molar-refractivity contribution in [2.45, 2.75) is 12.8 Å². The molecule has 0 bridgehead atoms. The van der Waals surface area contributed by atoms with E-state index >= 15 is 0 Å². The first kappa shape index (κ1) is 24.6. The van der Waals surface area contributed by atoms with Crippen LogP contribution in [0.3, 0.4) is 0 Å². The number of benzene rings is 3. The van der Waals surface area contributed by atoms with Gasteiger partial charge in [-0.15, -0.1) is 0 Å². The number of hydrogen-bond donors (Lipinski definition) is 0. The Bertz CT molecular complexity index is 994. The van der Waals surface area contributed by atoms with E-state index in [9.17, 15) is 0 Å². The van der Waals surface area contributed by atoms with Crippen molar-refractivity contribution < 1.29 is 14.2 Å². The Morgan fingerprint density at radius 2 is 1.34 bits per heavy atom. The molecule has 0 atom stereocenters. The monoisotopic (exact) mass is 510 g/mol. The second-order valence-electron chi connectivity index (χ2n) is 6.88. The molecule has 3 nitrogen and oxygen atoms in total. The lowest BCUT2D eigenvalue weighted by molar-refractivity contribution is 0.247. The highest BCUT2D eigenvalue weighted by atomic mass is 35.5. The summed E-state index contributed by atoms with van der Waals surface area (Å²) in [5.74, 6) is 1.74. The summed E-state index contributed by atoms with van der Waals surface area (Å²) in [5.41, 5.74) is 2.53. The molecule has 0 aliphatic rings. The van der Waals surface area contributed by atoms with E-state index in [0.717, 1.165) is 12.2 Å². The zero-order valence-electron chi connectivity index (χ0n) is 17.2. The Labute approximate surface area is 208 Å². The van der Waals surface area contributed by atoms with Crippen LogP contribution in [0, 0.1) is 0 Å². The molecule has 32 heavy (non-hydrogen) atoms. The van der Waals surface area contributed by atoms with Crippen molar-refractivity contribution >= 4 is 46.4 Å². The Balaban J connectivity index is 1.41. The normalized spacial score (nSPS) is 10.5. The van der Waals surface area contributed by atoms with E-state index in [4.69, 9.17) is 60.6 Å². The van der Waals surface area contributed by atoms with Gasteiger partial charge in [0, 0.05) is 18.6 Å². The summed E-state index contributed by atoms with van der Waals surface area (Å²) in [7, 11) is 0. The second kappa shape index (κ2) is 12.9. The van der Waals surface area contributed by atoms with Crippen LogP contribution in [0.5, 0.6) is 17.2 Å². The molecule has 0 N–H and O–H groups in total. The molecule has 3 aromatic rings. The first-order valence-electron chi connectivity index (χ1n) is 10.0. The average Bonchev–Trinajstić information content (AvgIpc) is 2.77. The Kier molecular flexibility index (Phi) is 9.89. The molecule has 0 saturated heterocycles. The van der Waals surface area contributed by atoms with Crippen molar-refractivity contribution in [3.05, 3.63) is 98.5 Å². The largest absolute Gasteiger partial charge is 0.493 e. The molecule has 3 rings (SSSR count). The fourth-order valence-corrected chi connectivity index (χ4v) is 3.62. The zero-order valence-corrected chi connectivity index (χ0v) is 20.2. The van der Waals surface area contributed by atoms with Crippen LogP contribution in [-0.4, -0.2) is 19.8 Å². The van der Waals surface area contributed by atoms with Gasteiger partial charge in [-0.25, -0.2) is 0 Å². The minimum Gasteiger partial charge on any atom is -0.493 e. The van der Waals surface area contributed by atoms with Gasteiger partial charge in [0.25, 0.3) is 0 Å². The molecular formula is C25H22Cl4O3. The predicted octanol–water partition coefficient (Wildman–Crippen LogP) is 8.13. The maximum atomic E-state index is 6.27. The Hall–Kier alpha value is -2.04. The minimum absolute atomic E-state index is 0.132. The van der Waals surface area contributed by atoms with Gasteiger partial charge in [0.05, 0.1) is 23.3 Å². The third-order valence-corrected chi connectivity index (χ3v) is 5.31. The first-order chi connectivity index (χ1) is 15.5. The smallest absolute Gasteiger partial charge is 0.156 e. The lowest BCUT2D eigenvalue weighted by Gasteiger charge is -2.13. The highest BCUT2D eigenvalue weighted by molar-refractivity contribution is 6.55. The van der Waals surface area contributed by atoms with Crippen LogP contribution >= 0.6 is 46.4 Å². The molecule has 0 aliphatic carbocycles. The van der Waals surface area contributed by atoms with Gasteiger partial charge in [0.1, 0.15) is 22.6 Å². The van der Waals surface area contributed by atoms with Gasteiger partial charge in [-0.05, 0) is 35.8 Å². The molecule has 0 aromatic heterocycles. The van der Waals surface area contributed by atoms with Crippen LogP contribution < -0.4 is 14.2 Å². The topological polar surface area (TPSA) is 27.7 Å². The highest BCUT2D eigenvalue weighted by Crippen LogP contribution is 2.37. The lowest BCUT2D eigenvalue weighted by Crippen LogP contribution is -2.06. The van der Waals surface area contributed by atoms with Gasteiger partial charge < -0.3 is 14.2 Å². The molecule has 0 fully saturated rings. The van der Waals surface area contributed by atoms with Crippen molar-refractivity contribution in [1.29, 1.82) is 0 Å². The zero-order chi connectivity index (χ0) is 22.8. The second-order valence-corrected chi connectivity index (χ2v) is 8.70. The fraction of sp³-hybridized carbons (Fsp3) is 0.200. The molecule has 168 valence electrons. The third-order valence-electron chi connectivity index (χ3n) is 4.44. The van der Waals surface area contributed by atoms with Crippen molar-refractivity contribution in [2.24, 2.45) is 0 Å². The Morgan fingerprint density at radius 1 is 0.719 bits per heavy atom. The fourth-order valence-electron chi connectivity index (χ4n) is 2.92. The third kappa shape index (κ3) is 8.14. The van der Waals surface area contributed by atoms with Crippen LogP contribution in [0.1, 0.15) is 17.5 Å². The SMILES string of the molecule is ClC(Cl)=CCOc1cc(Cl)c(OCCCOc2ccc(Cc3ccccc3)cc2)c(Cl)c1. The average molecular weight is 512 g/mol. The summed E-state index contributed by atoms with van der Waals surface area (Å²) < 4.78 is 17.1. The van der Waals surface area contributed by atoms with Gasteiger partial charge in [0.15, 0.2) is 5.75 Å². The van der Waals surface area contributed by atoms with Crippen LogP contribution in [0.15, 0.2) is 77.3 Å². The van der Waals surface area contributed by atoms with Crippen LogP contribution in [0.2, 0.25) is 10.0 Å². The van der Waals surface area contributed by atoms with E-state index in [1.54, 1.807) is 12.1 Å². The number of halogens is 4. The van der Waals surface area contributed by atoms with Gasteiger partial charge >= 0.3 is 0 Å². The lowest BCUT2D eigenvalue weighted by atomic mass is 10.1. The van der Waals surface area contributed by atoms with Gasteiger partial charge in [0.2, 0.25) is 0 Å². The molecule has 0 spiro atoms. The van der Waals surface area contributed by atoms with Crippen molar-refractivity contribution in [3.63, 3.8) is 0 Å². The summed E-state index contributed by atoms with van der Waals surface area (Å²) in [6.07, 6.45) is 3.10. The van der Waals surface area contributed by atoms with E-state index in [1.165, 1.54) is 17.2 Å². The van der Waals surface area contributed by atoms with Crippen molar-refractivity contribution in [2.75, 3.05) is 19.8 Å². The molecular weight excluding hydrogens is 490 g/mol. The van der Waals surface area contributed by atoms with E-state index in [1.807, 2.05) is 18.2 Å². The summed E-state index contributed by atoms with van der Waals surface area (Å²) in [5, 5.41) is 0.728. The molecule has 0 aliphatic heterocycles. The van der Waals surface area contributed by atoms with Crippen molar-refractivity contribution in [3.8, 4) is 17.2 Å². The maximum Gasteiger partial charge on any atom is 0.156 e. The first-order valence-corrected chi connectivity index (χ1v) is 11.5. The van der Waals surface area contributed by atoms with E-state index in [-0.39, 0.29) is 11.1 Å². The van der Waals surface area contributed by atoms with Gasteiger partial charge in [-0.1, -0.05) is 88.9 Å². The summed E-state index contributed by atoms with van der Waals surface area (Å²) >= 11 is 23.6. The molecule has 7 heteroatoms. The number of ether oxygens (including phenoxy) is 3. The quantitative estimate of drug-likeness (QED) is 0.243. The van der Waals surface area contributed by atoms with Gasteiger partial charge in [-0.2, -0.15) is 0 Å². The number of rotatable bonds is 11. The van der Waals surface area contributed by atoms with Crippen LogP contribution in [-0.2, 0) is 6.42 Å². The number of hydrogen-bond acceptors (Lipinski definition) is 3. The molecule has 0 amide bonds. The standard InChI is InChI=1S/C25H22Cl4O3/c26-22-16-21(31-14-11-24(28)29)17-23(27)25(22)32-13-4-12-30-20-9-7-19(8-10-20)15-18-5-2-1-3-6-18/h1-3,5-11,16-17H,4,12-15H2. The van der Waals surface area contributed by atoms with Crippen LogP contribution in [0.25, 0.3) is 0 Å². The highest BCUT2D eigenvalue weighted by Gasteiger charge is 2.10. The minimum atomic E-state index is 0.132. The molecule has 0 saturated carbocycles. The molecule has 3 aromatic carbocycles. The summed E-state index contributed by atoms with van der Waals surface area (Å²) in [6, 6.07) is 21.8. The van der Waals surface area contributed by atoms with E-state index < -0.39 is 0 Å². The molecule has 0 radical (unpaired) electrons. The van der Waals surface area contributed by atoms with Gasteiger partial charge in [-0.3, -0.25) is 0 Å². The summed E-state index contributed by atoms with van der Waals surface area (Å²) in [6.45, 7) is 1.14. The predicted molar refractivity (Wildman–Crippen MR) is 133 cm³/mol. The van der Waals surface area contributed by atoms with Crippen molar-refractivity contribution in [1.82, 2.24) is 0 Å². The summed E-state index contributed by atoms with van der Waals surface area (Å²) in [4.78, 5) is 0. The van der Waals surface area contributed by atoms with E-state index in [0.29, 0.717) is 41.2 Å².